The summed E-state index contributed by atoms with van der Waals surface area (Å²) in [5.41, 5.74) is 4.86. The second-order valence-corrected chi connectivity index (χ2v) is 10.9. The van der Waals surface area contributed by atoms with E-state index in [2.05, 4.69) is 32.5 Å². The molecule has 0 unspecified atom stereocenters. The molecule has 2 aliphatic rings. The first-order valence-corrected chi connectivity index (χ1v) is 14.2. The van der Waals surface area contributed by atoms with Gasteiger partial charge in [-0.3, -0.25) is 14.6 Å². The lowest BCUT2D eigenvalue weighted by Gasteiger charge is -2.32. The average molecular weight is 578 g/mol. The van der Waals surface area contributed by atoms with Crippen molar-refractivity contribution < 1.29 is 19.2 Å². The smallest absolute Gasteiger partial charge is 0.256 e. The van der Waals surface area contributed by atoms with Crippen LogP contribution in [0.5, 0.6) is 0 Å². The Morgan fingerprint density at radius 2 is 1.76 bits per heavy atom. The molecular weight excluding hydrogens is 534 g/mol. The fraction of sp³-hybridized carbons (Fsp3) is 0.484. The van der Waals surface area contributed by atoms with E-state index in [1.54, 1.807) is 19.0 Å². The number of benzene rings is 2. The quantitative estimate of drug-likeness (QED) is 0.375. The first kappa shape index (κ1) is 31.1. The van der Waals surface area contributed by atoms with Gasteiger partial charge in [0.1, 0.15) is 0 Å². The van der Waals surface area contributed by atoms with Crippen LogP contribution in [-0.4, -0.2) is 94.4 Å². The number of amides is 2. The van der Waals surface area contributed by atoms with Gasteiger partial charge in [-0.05, 0) is 42.5 Å². The van der Waals surface area contributed by atoms with Crippen molar-refractivity contribution in [1.29, 1.82) is 0 Å². The molecule has 2 amide bonds. The van der Waals surface area contributed by atoms with E-state index in [4.69, 9.17) is 4.52 Å². The largest absolute Gasteiger partial charge is 0.393 e. The Kier molecular flexibility index (Phi) is 10.3. The van der Waals surface area contributed by atoms with Crippen molar-refractivity contribution >= 4 is 17.5 Å². The molecule has 0 aliphatic carbocycles. The highest BCUT2D eigenvalue weighted by molar-refractivity contribution is 5.87. The summed E-state index contributed by atoms with van der Waals surface area (Å²) in [6.45, 7) is 7.95. The molecule has 3 heterocycles. The Hall–Kier alpha value is -3.80. The molecule has 2 N–H and O–H groups in total. The Bertz CT molecular complexity index is 1340. The van der Waals surface area contributed by atoms with Gasteiger partial charge >= 0.3 is 0 Å². The molecular formula is C31H43N7O4. The lowest BCUT2D eigenvalue weighted by Crippen LogP contribution is -2.48. The monoisotopic (exact) mass is 577 g/mol. The van der Waals surface area contributed by atoms with E-state index < -0.39 is 0 Å². The van der Waals surface area contributed by atoms with Crippen molar-refractivity contribution in [2.24, 2.45) is 0 Å². The van der Waals surface area contributed by atoms with Crippen LogP contribution in [0.25, 0.3) is 11.4 Å². The van der Waals surface area contributed by atoms with Crippen molar-refractivity contribution in [3.8, 4) is 11.4 Å². The summed E-state index contributed by atoms with van der Waals surface area (Å²) in [5, 5.41) is 20.5. The third-order valence-electron chi connectivity index (χ3n) is 7.91. The number of hydrogen-bond acceptors (Lipinski definition) is 9. The van der Waals surface area contributed by atoms with E-state index in [0.29, 0.717) is 31.3 Å². The fourth-order valence-electron chi connectivity index (χ4n) is 5.41. The number of carbonyl (C=O) groups is 2. The van der Waals surface area contributed by atoms with Gasteiger partial charge in [0, 0.05) is 64.5 Å². The van der Waals surface area contributed by atoms with Gasteiger partial charge in [-0.1, -0.05) is 49.0 Å². The minimum atomic E-state index is -0.227. The normalized spacial score (nSPS) is 15.6. The molecule has 2 aromatic carbocycles. The van der Waals surface area contributed by atoms with Gasteiger partial charge in [-0.2, -0.15) is 4.98 Å². The number of piperidine rings is 1. The summed E-state index contributed by atoms with van der Waals surface area (Å²) in [6, 6.07) is 14.0. The summed E-state index contributed by atoms with van der Waals surface area (Å²) in [6.07, 6.45) is 1.29. The van der Waals surface area contributed by atoms with E-state index >= 15 is 0 Å². The number of fused-ring (bicyclic) bond motifs is 1. The van der Waals surface area contributed by atoms with Crippen LogP contribution >= 0.6 is 0 Å². The number of carbonyl (C=O) groups excluding carboxylic acids is 2. The Labute approximate surface area is 248 Å². The van der Waals surface area contributed by atoms with Crippen LogP contribution in [-0.2, 0) is 22.7 Å². The standard InChI is InChI=1S/C30H39N7O4.CH4/c1-21-8-9-23(30-32-22(2)41-33-30)16-27(21)36(19-28(39)31-12-15-35-13-10-26(38)11-14-35)20-29(40)34(3)37-17-24-6-4-5-7-25(24)18-37;/h4-9,16,26,38H,10-15,17-20H2,1-3H3,(H,31,39);1H4. The van der Waals surface area contributed by atoms with Crippen LogP contribution in [0.3, 0.4) is 0 Å². The van der Waals surface area contributed by atoms with Crippen LogP contribution in [0.4, 0.5) is 5.69 Å². The first-order chi connectivity index (χ1) is 19.8. The second kappa shape index (κ2) is 13.9. The third-order valence-corrected chi connectivity index (χ3v) is 7.91. The van der Waals surface area contributed by atoms with E-state index in [1.807, 2.05) is 47.2 Å². The topological polar surface area (TPSA) is 118 Å². The number of nitrogens with zero attached hydrogens (tertiary/aromatic N) is 6. The molecule has 42 heavy (non-hydrogen) atoms. The second-order valence-electron chi connectivity index (χ2n) is 10.9. The van der Waals surface area contributed by atoms with E-state index in [1.165, 1.54) is 11.1 Å². The van der Waals surface area contributed by atoms with Crippen LogP contribution in [0.2, 0.25) is 0 Å². The Morgan fingerprint density at radius 1 is 1.07 bits per heavy atom. The molecule has 0 atom stereocenters. The van der Waals surface area contributed by atoms with E-state index in [-0.39, 0.29) is 38.4 Å². The number of hydrogen-bond donors (Lipinski definition) is 2. The molecule has 2 aliphatic heterocycles. The average Bonchev–Trinajstić information content (AvgIpc) is 3.60. The first-order valence-electron chi connectivity index (χ1n) is 14.2. The van der Waals surface area contributed by atoms with Gasteiger partial charge in [0.15, 0.2) is 0 Å². The van der Waals surface area contributed by atoms with Gasteiger partial charge in [0.05, 0.1) is 19.2 Å². The van der Waals surface area contributed by atoms with Crippen LogP contribution < -0.4 is 10.2 Å². The molecule has 1 aromatic heterocycles. The highest BCUT2D eigenvalue weighted by Gasteiger charge is 2.27. The van der Waals surface area contributed by atoms with Gasteiger partial charge < -0.3 is 24.7 Å². The van der Waals surface area contributed by atoms with Crippen LogP contribution in [0, 0.1) is 13.8 Å². The van der Waals surface area contributed by atoms with Crippen LogP contribution in [0.1, 0.15) is 42.8 Å². The van der Waals surface area contributed by atoms with Crippen molar-refractivity contribution in [3.05, 3.63) is 65.0 Å². The summed E-state index contributed by atoms with van der Waals surface area (Å²) >= 11 is 0. The molecule has 5 rings (SSSR count). The highest BCUT2D eigenvalue weighted by atomic mass is 16.5. The number of likely N-dealkylation sites (N-methyl/N-ethyl adjacent to an activating group) is 1. The van der Waals surface area contributed by atoms with Crippen molar-refractivity contribution in [2.45, 2.75) is 53.3 Å². The number of anilines is 1. The van der Waals surface area contributed by atoms with Gasteiger partial charge in [-0.25, -0.2) is 5.01 Å². The maximum absolute atomic E-state index is 13.6. The van der Waals surface area contributed by atoms with E-state index in [0.717, 1.165) is 49.3 Å². The number of aliphatic hydroxyl groups excluding tert-OH is 1. The maximum atomic E-state index is 13.6. The number of nitrogens with one attached hydrogen (secondary N) is 1. The van der Waals surface area contributed by atoms with Crippen molar-refractivity contribution in [1.82, 2.24) is 30.4 Å². The SMILES string of the molecule is C.Cc1nc(-c2ccc(C)c(N(CC(=O)NCCN3CCC(O)CC3)CC(=O)N(C)N3Cc4ccccc4C3)c2)no1. The molecule has 0 bridgehead atoms. The molecule has 0 spiro atoms. The van der Waals surface area contributed by atoms with Gasteiger partial charge in [0.25, 0.3) is 5.91 Å². The van der Waals surface area contributed by atoms with Gasteiger partial charge in [0.2, 0.25) is 17.6 Å². The Balaban J connectivity index is 0.00000405. The molecule has 226 valence electrons. The number of rotatable bonds is 10. The molecule has 1 saturated heterocycles. The molecule has 0 radical (unpaired) electrons. The maximum Gasteiger partial charge on any atom is 0.256 e. The minimum absolute atomic E-state index is 0. The number of likely N-dealkylation sites (tertiary alicyclic amines) is 1. The molecule has 1 fully saturated rings. The summed E-state index contributed by atoms with van der Waals surface area (Å²) in [7, 11) is 1.79. The summed E-state index contributed by atoms with van der Waals surface area (Å²) in [5.74, 6) is 0.645. The third kappa shape index (κ3) is 7.53. The lowest BCUT2D eigenvalue weighted by molar-refractivity contribution is -0.145. The highest BCUT2D eigenvalue weighted by Crippen LogP contribution is 2.28. The fourth-order valence-corrected chi connectivity index (χ4v) is 5.41. The number of aliphatic hydroxyl groups is 1. The predicted molar refractivity (Wildman–Crippen MR) is 161 cm³/mol. The predicted octanol–water partition coefficient (Wildman–Crippen LogP) is 2.76. The zero-order valence-electron chi connectivity index (χ0n) is 24.0. The molecule has 3 aromatic rings. The number of hydrazine groups is 1. The zero-order valence-corrected chi connectivity index (χ0v) is 24.0. The minimum Gasteiger partial charge on any atom is -0.393 e. The number of aryl methyl sites for hydroxylation is 2. The van der Waals surface area contributed by atoms with Gasteiger partial charge in [-0.15, -0.1) is 0 Å². The number of aromatic nitrogens is 2. The van der Waals surface area contributed by atoms with Crippen molar-refractivity contribution in [3.63, 3.8) is 0 Å². The van der Waals surface area contributed by atoms with Crippen LogP contribution in [0.15, 0.2) is 47.0 Å². The molecule has 11 nitrogen and oxygen atoms in total. The molecule has 0 saturated carbocycles. The Morgan fingerprint density at radius 3 is 2.40 bits per heavy atom. The molecule has 11 heteroatoms. The summed E-state index contributed by atoms with van der Waals surface area (Å²) < 4.78 is 5.17. The zero-order chi connectivity index (χ0) is 28.9. The summed E-state index contributed by atoms with van der Waals surface area (Å²) in [4.78, 5) is 35.2. The van der Waals surface area contributed by atoms with Crippen molar-refractivity contribution in [2.75, 3.05) is 51.2 Å². The van der Waals surface area contributed by atoms with E-state index in [9.17, 15) is 14.7 Å². The lowest BCUT2D eigenvalue weighted by atomic mass is 10.1.